The largest absolute Gasteiger partial charge is 0.309 e. The number of nitrogens with zero attached hydrogens (tertiary/aromatic N) is 1. The Morgan fingerprint density at radius 3 is 2.00 bits per heavy atom. The zero-order chi connectivity index (χ0) is 10.5. The van der Waals surface area contributed by atoms with Crippen LogP contribution in [0.25, 0.3) is 0 Å². The first-order chi connectivity index (χ1) is 5.94. The molecule has 1 unspecified atom stereocenters. The van der Waals surface area contributed by atoms with Crippen LogP contribution in [0.4, 0.5) is 0 Å². The molecule has 0 amide bonds. The van der Waals surface area contributed by atoms with Gasteiger partial charge in [0.05, 0.1) is 0 Å². The van der Waals surface area contributed by atoms with E-state index in [9.17, 15) is 0 Å². The second kappa shape index (κ2) is 5.64. The fourth-order valence-electron chi connectivity index (χ4n) is 1.85. The maximum atomic E-state index is 2.40. The topological polar surface area (TPSA) is 3.24 Å². The van der Waals surface area contributed by atoms with E-state index in [0.717, 1.165) is 5.92 Å². The maximum Gasteiger partial charge on any atom is -0.00220 e. The first-order valence-corrected chi connectivity index (χ1v) is 5.58. The van der Waals surface area contributed by atoms with Gasteiger partial charge in [0.25, 0.3) is 0 Å². The molecule has 0 aromatic rings. The standard InChI is InChI=1S/C12H27N/c1-7-11(9-10-13(5)6)12(3,4)8-2/h11H,7-10H2,1-6H3. The smallest absolute Gasteiger partial charge is 0.00220 e. The van der Waals surface area contributed by atoms with E-state index in [-0.39, 0.29) is 0 Å². The molecule has 0 aromatic carbocycles. The third kappa shape index (κ3) is 4.66. The van der Waals surface area contributed by atoms with E-state index < -0.39 is 0 Å². The summed E-state index contributed by atoms with van der Waals surface area (Å²) in [6.07, 6.45) is 3.94. The SMILES string of the molecule is CCC(CCN(C)C)C(C)(C)CC. The minimum absolute atomic E-state index is 0.519. The van der Waals surface area contributed by atoms with Gasteiger partial charge in [0.2, 0.25) is 0 Å². The van der Waals surface area contributed by atoms with Gasteiger partial charge in [0.15, 0.2) is 0 Å². The van der Waals surface area contributed by atoms with Crippen molar-refractivity contribution in [2.24, 2.45) is 11.3 Å². The van der Waals surface area contributed by atoms with Crippen LogP contribution in [0.3, 0.4) is 0 Å². The lowest BCUT2D eigenvalue weighted by Crippen LogP contribution is -2.26. The van der Waals surface area contributed by atoms with E-state index in [0.29, 0.717) is 5.41 Å². The Kier molecular flexibility index (Phi) is 5.62. The summed E-state index contributed by atoms with van der Waals surface area (Å²) in [6.45, 7) is 10.6. The highest BCUT2D eigenvalue weighted by molar-refractivity contribution is 4.76. The molecule has 0 spiro atoms. The molecule has 0 rings (SSSR count). The molecule has 0 aromatic heterocycles. The molecule has 0 radical (unpaired) electrons. The number of rotatable bonds is 6. The molecule has 0 aliphatic carbocycles. The van der Waals surface area contributed by atoms with Crippen LogP contribution in [0.1, 0.15) is 47.0 Å². The van der Waals surface area contributed by atoms with Crippen molar-refractivity contribution >= 4 is 0 Å². The predicted molar refractivity (Wildman–Crippen MR) is 61.0 cm³/mol. The third-order valence-corrected chi connectivity index (χ3v) is 3.43. The van der Waals surface area contributed by atoms with Gasteiger partial charge in [-0.15, -0.1) is 0 Å². The Labute approximate surface area is 84.5 Å². The quantitative estimate of drug-likeness (QED) is 0.613. The summed E-state index contributed by atoms with van der Waals surface area (Å²) < 4.78 is 0. The van der Waals surface area contributed by atoms with Gasteiger partial charge in [-0.05, 0) is 38.4 Å². The van der Waals surface area contributed by atoms with E-state index in [2.05, 4.69) is 46.7 Å². The predicted octanol–water partition coefficient (Wildman–Crippen LogP) is 3.40. The lowest BCUT2D eigenvalue weighted by molar-refractivity contribution is 0.171. The molecule has 0 saturated carbocycles. The molecule has 0 fully saturated rings. The van der Waals surface area contributed by atoms with Crippen molar-refractivity contribution in [3.8, 4) is 0 Å². The summed E-state index contributed by atoms with van der Waals surface area (Å²) in [5.74, 6) is 0.875. The van der Waals surface area contributed by atoms with Gasteiger partial charge in [0, 0.05) is 0 Å². The van der Waals surface area contributed by atoms with Crippen LogP contribution < -0.4 is 0 Å². The van der Waals surface area contributed by atoms with E-state index in [4.69, 9.17) is 0 Å². The third-order valence-electron chi connectivity index (χ3n) is 3.43. The van der Waals surface area contributed by atoms with Crippen molar-refractivity contribution in [1.82, 2.24) is 4.90 Å². The van der Waals surface area contributed by atoms with Crippen molar-refractivity contribution in [2.45, 2.75) is 47.0 Å². The van der Waals surface area contributed by atoms with E-state index in [1.54, 1.807) is 0 Å². The lowest BCUT2D eigenvalue weighted by atomic mass is 9.74. The second-order valence-electron chi connectivity index (χ2n) is 5.04. The average Bonchev–Trinajstić information content (AvgIpc) is 2.04. The summed E-state index contributed by atoms with van der Waals surface area (Å²) in [6, 6.07) is 0. The second-order valence-corrected chi connectivity index (χ2v) is 5.04. The van der Waals surface area contributed by atoms with Crippen LogP contribution in [0, 0.1) is 11.3 Å². The molecule has 0 aliphatic rings. The minimum Gasteiger partial charge on any atom is -0.309 e. The van der Waals surface area contributed by atoms with Crippen molar-refractivity contribution in [3.63, 3.8) is 0 Å². The normalized spacial score (nSPS) is 15.0. The van der Waals surface area contributed by atoms with Crippen molar-refractivity contribution < 1.29 is 0 Å². The molecule has 0 saturated heterocycles. The molecule has 0 N–H and O–H groups in total. The molecular weight excluding hydrogens is 158 g/mol. The molecule has 0 bridgehead atoms. The zero-order valence-corrected chi connectivity index (χ0v) is 10.4. The van der Waals surface area contributed by atoms with Gasteiger partial charge in [-0.2, -0.15) is 0 Å². The Bertz CT molecular complexity index is 127. The highest BCUT2D eigenvalue weighted by Crippen LogP contribution is 2.34. The number of hydrogen-bond donors (Lipinski definition) is 0. The summed E-state index contributed by atoms with van der Waals surface area (Å²) in [7, 11) is 4.32. The lowest BCUT2D eigenvalue weighted by Gasteiger charge is -2.33. The molecule has 1 heteroatoms. The average molecular weight is 185 g/mol. The highest BCUT2D eigenvalue weighted by Gasteiger charge is 2.25. The van der Waals surface area contributed by atoms with Crippen molar-refractivity contribution in [2.75, 3.05) is 20.6 Å². The first-order valence-electron chi connectivity index (χ1n) is 5.58. The van der Waals surface area contributed by atoms with Gasteiger partial charge in [0.1, 0.15) is 0 Å². The Hall–Kier alpha value is -0.0400. The zero-order valence-electron chi connectivity index (χ0n) is 10.4. The van der Waals surface area contributed by atoms with Crippen molar-refractivity contribution in [1.29, 1.82) is 0 Å². The van der Waals surface area contributed by atoms with Crippen LogP contribution in [0.2, 0.25) is 0 Å². The van der Waals surface area contributed by atoms with Crippen LogP contribution in [-0.4, -0.2) is 25.5 Å². The van der Waals surface area contributed by atoms with Crippen LogP contribution >= 0.6 is 0 Å². The molecule has 0 aliphatic heterocycles. The molecule has 1 atom stereocenters. The highest BCUT2D eigenvalue weighted by atomic mass is 15.0. The molecule has 80 valence electrons. The van der Waals surface area contributed by atoms with Gasteiger partial charge in [-0.3, -0.25) is 0 Å². The minimum atomic E-state index is 0.519. The fourth-order valence-corrected chi connectivity index (χ4v) is 1.85. The fraction of sp³-hybridized carbons (Fsp3) is 1.00. The van der Waals surface area contributed by atoms with Gasteiger partial charge < -0.3 is 4.90 Å². The Morgan fingerprint density at radius 2 is 1.69 bits per heavy atom. The van der Waals surface area contributed by atoms with Crippen LogP contribution in [0.15, 0.2) is 0 Å². The summed E-state index contributed by atoms with van der Waals surface area (Å²) in [5, 5.41) is 0. The Balaban J connectivity index is 4.02. The maximum absolute atomic E-state index is 2.40. The van der Waals surface area contributed by atoms with Crippen molar-refractivity contribution in [3.05, 3.63) is 0 Å². The molecule has 0 heterocycles. The van der Waals surface area contributed by atoms with Gasteiger partial charge in [-0.1, -0.05) is 40.5 Å². The molecular formula is C12H27N. The van der Waals surface area contributed by atoms with Crippen LogP contribution in [0.5, 0.6) is 0 Å². The van der Waals surface area contributed by atoms with Gasteiger partial charge in [-0.25, -0.2) is 0 Å². The van der Waals surface area contributed by atoms with E-state index >= 15 is 0 Å². The van der Waals surface area contributed by atoms with E-state index in [1.165, 1.54) is 25.8 Å². The summed E-state index contributed by atoms with van der Waals surface area (Å²) >= 11 is 0. The summed E-state index contributed by atoms with van der Waals surface area (Å²) in [5.41, 5.74) is 0.519. The monoisotopic (exact) mass is 185 g/mol. The van der Waals surface area contributed by atoms with E-state index in [1.807, 2.05) is 0 Å². The molecule has 1 nitrogen and oxygen atoms in total. The Morgan fingerprint density at radius 1 is 1.15 bits per heavy atom. The van der Waals surface area contributed by atoms with Gasteiger partial charge >= 0.3 is 0 Å². The first kappa shape index (κ1) is 13.0. The summed E-state index contributed by atoms with van der Waals surface area (Å²) in [4.78, 5) is 2.29. The molecule has 13 heavy (non-hydrogen) atoms. The van der Waals surface area contributed by atoms with Crippen LogP contribution in [-0.2, 0) is 0 Å². The number of hydrogen-bond acceptors (Lipinski definition) is 1.